The average molecular weight is 651 g/mol. The van der Waals surface area contributed by atoms with Gasteiger partial charge in [-0.25, -0.2) is 4.98 Å². The molecule has 8 nitrogen and oxygen atoms in total. The Hall–Kier alpha value is -4.60. The number of nitrogens with zero attached hydrogens (tertiary/aromatic N) is 3. The molecule has 246 valence electrons. The molecule has 0 aliphatic carbocycles. The number of benzene rings is 3. The van der Waals surface area contributed by atoms with Gasteiger partial charge in [-0.15, -0.1) is 0 Å². The number of ether oxygens (including phenoxy) is 3. The molecular formula is C38H46N4O4Si. The number of rotatable bonds is 15. The van der Waals surface area contributed by atoms with Crippen molar-refractivity contribution in [2.75, 3.05) is 25.7 Å². The summed E-state index contributed by atoms with van der Waals surface area (Å²) in [4.78, 5) is 20.5. The van der Waals surface area contributed by atoms with Crippen LogP contribution in [0.1, 0.15) is 32.7 Å². The van der Waals surface area contributed by atoms with Crippen molar-refractivity contribution in [3.05, 3.63) is 119 Å². The quantitative estimate of drug-likeness (QED) is 0.0920. The molecule has 0 unspecified atom stereocenters. The Kier molecular flexibility index (Phi) is 11.0. The molecule has 2 aromatic heterocycles. The summed E-state index contributed by atoms with van der Waals surface area (Å²) < 4.78 is 19.2. The number of nitrogens with one attached hydrogen (secondary N) is 1. The standard InChI is InChI=1S/C38H46N4O4Si/c1-28-22-36-35(23-32(42(36)27-46-20-21-47(4,5)6)24-39-38(43)31-10-8-7-9-11-31)40-37(28)41(25-29-12-16-33(44-2)17-13-29)26-30-14-18-34(45-3)19-15-30/h7-19,22-23H,20-21,24-27H2,1-6H3,(H,39,43). The Morgan fingerprint density at radius 2 is 1.45 bits per heavy atom. The van der Waals surface area contributed by atoms with E-state index in [9.17, 15) is 4.79 Å². The molecule has 0 saturated carbocycles. The number of hydrogen-bond acceptors (Lipinski definition) is 6. The van der Waals surface area contributed by atoms with Crippen LogP contribution in [0.3, 0.4) is 0 Å². The fourth-order valence-corrected chi connectivity index (χ4v) is 6.20. The summed E-state index contributed by atoms with van der Waals surface area (Å²) in [6.45, 7) is 11.9. The normalized spacial score (nSPS) is 11.4. The van der Waals surface area contributed by atoms with Gasteiger partial charge in [0, 0.05) is 39.0 Å². The van der Waals surface area contributed by atoms with E-state index in [2.05, 4.69) is 77.7 Å². The zero-order valence-electron chi connectivity index (χ0n) is 28.4. The highest BCUT2D eigenvalue weighted by molar-refractivity contribution is 6.76. The molecule has 47 heavy (non-hydrogen) atoms. The van der Waals surface area contributed by atoms with Gasteiger partial charge in [-0.2, -0.15) is 0 Å². The first-order chi connectivity index (χ1) is 22.6. The Labute approximate surface area is 279 Å². The maximum absolute atomic E-state index is 13.0. The molecule has 0 radical (unpaired) electrons. The van der Waals surface area contributed by atoms with E-state index in [1.54, 1.807) is 14.2 Å². The number of fused-ring (bicyclic) bond motifs is 1. The number of hydrogen-bond donors (Lipinski definition) is 1. The second kappa shape index (κ2) is 15.3. The van der Waals surface area contributed by atoms with E-state index >= 15 is 0 Å². The van der Waals surface area contributed by atoms with Gasteiger partial charge in [-0.05, 0) is 78.2 Å². The SMILES string of the molecule is COc1ccc(CN(Cc2ccc(OC)cc2)c2nc3cc(CNC(=O)c4ccccc4)n(COCC[Si](C)(C)C)c3cc2C)cc1. The van der Waals surface area contributed by atoms with Crippen molar-refractivity contribution in [2.24, 2.45) is 0 Å². The molecule has 5 rings (SSSR count). The Morgan fingerprint density at radius 3 is 2.00 bits per heavy atom. The van der Waals surface area contributed by atoms with Crippen LogP contribution in [0, 0.1) is 6.92 Å². The largest absolute Gasteiger partial charge is 0.497 e. The summed E-state index contributed by atoms with van der Waals surface area (Å²) in [5, 5.41) is 3.10. The van der Waals surface area contributed by atoms with E-state index in [0.717, 1.165) is 56.8 Å². The maximum Gasteiger partial charge on any atom is 0.251 e. The molecular weight excluding hydrogens is 605 g/mol. The molecule has 0 aliphatic heterocycles. The van der Waals surface area contributed by atoms with Crippen molar-refractivity contribution < 1.29 is 19.0 Å². The van der Waals surface area contributed by atoms with Crippen LogP contribution in [-0.4, -0.2) is 44.4 Å². The van der Waals surface area contributed by atoms with Crippen molar-refractivity contribution in [1.29, 1.82) is 0 Å². The van der Waals surface area contributed by atoms with E-state index in [1.165, 1.54) is 0 Å². The Bertz CT molecular complexity index is 1720. The summed E-state index contributed by atoms with van der Waals surface area (Å²) in [5.74, 6) is 2.44. The number of carbonyl (C=O) groups excluding carboxylic acids is 1. The van der Waals surface area contributed by atoms with E-state index < -0.39 is 8.07 Å². The highest BCUT2D eigenvalue weighted by atomic mass is 28.3. The Morgan fingerprint density at radius 1 is 0.851 bits per heavy atom. The van der Waals surface area contributed by atoms with Crippen LogP contribution in [0.4, 0.5) is 5.82 Å². The zero-order valence-corrected chi connectivity index (χ0v) is 29.4. The third kappa shape index (κ3) is 9.02. The number of pyridine rings is 1. The van der Waals surface area contributed by atoms with Crippen molar-refractivity contribution in [1.82, 2.24) is 14.9 Å². The fraction of sp³-hybridized carbons (Fsp3) is 0.316. The second-order valence-corrected chi connectivity index (χ2v) is 18.7. The van der Waals surface area contributed by atoms with Crippen LogP contribution >= 0.6 is 0 Å². The van der Waals surface area contributed by atoms with Gasteiger partial charge in [-0.3, -0.25) is 4.79 Å². The fourth-order valence-electron chi connectivity index (χ4n) is 5.44. The van der Waals surface area contributed by atoms with Crippen LogP contribution in [0.15, 0.2) is 91.0 Å². The van der Waals surface area contributed by atoms with Gasteiger partial charge in [0.15, 0.2) is 0 Å². The smallest absolute Gasteiger partial charge is 0.251 e. The summed E-state index contributed by atoms with van der Waals surface area (Å²) in [7, 11) is 2.12. The molecule has 0 aliphatic rings. The van der Waals surface area contributed by atoms with Gasteiger partial charge in [0.1, 0.15) is 24.0 Å². The van der Waals surface area contributed by atoms with Crippen LogP contribution in [0.2, 0.25) is 25.7 Å². The molecule has 0 atom stereocenters. The summed E-state index contributed by atoms with van der Waals surface area (Å²) in [5.41, 5.74) is 6.77. The number of methoxy groups -OCH3 is 2. The lowest BCUT2D eigenvalue weighted by atomic mass is 10.1. The summed E-state index contributed by atoms with van der Waals surface area (Å²) >= 11 is 0. The molecule has 2 heterocycles. The topological polar surface area (TPSA) is 77.9 Å². The maximum atomic E-state index is 13.0. The van der Waals surface area contributed by atoms with Crippen molar-refractivity contribution in [3.63, 3.8) is 0 Å². The van der Waals surface area contributed by atoms with E-state index in [-0.39, 0.29) is 5.91 Å². The van der Waals surface area contributed by atoms with Gasteiger partial charge < -0.3 is 29.0 Å². The molecule has 0 spiro atoms. The molecule has 9 heteroatoms. The van der Waals surface area contributed by atoms with Crippen LogP contribution in [0.25, 0.3) is 11.0 Å². The zero-order chi connectivity index (χ0) is 33.4. The number of aryl methyl sites for hydroxylation is 1. The first-order valence-electron chi connectivity index (χ1n) is 16.0. The minimum atomic E-state index is -1.24. The van der Waals surface area contributed by atoms with E-state index in [4.69, 9.17) is 19.2 Å². The number of amides is 1. The van der Waals surface area contributed by atoms with E-state index in [0.29, 0.717) is 38.5 Å². The van der Waals surface area contributed by atoms with Gasteiger partial charge in [-0.1, -0.05) is 62.1 Å². The number of anilines is 1. The molecule has 0 fully saturated rings. The molecule has 1 N–H and O–H groups in total. The van der Waals surface area contributed by atoms with E-state index in [1.807, 2.05) is 54.6 Å². The van der Waals surface area contributed by atoms with Crippen LogP contribution < -0.4 is 19.7 Å². The van der Waals surface area contributed by atoms with Gasteiger partial charge in [0.05, 0.1) is 31.8 Å². The third-order valence-corrected chi connectivity index (χ3v) is 9.89. The molecule has 0 bridgehead atoms. The lowest BCUT2D eigenvalue weighted by Gasteiger charge is -2.26. The number of carbonyl (C=O) groups is 1. The highest BCUT2D eigenvalue weighted by Crippen LogP contribution is 2.29. The Balaban J connectivity index is 1.49. The molecule has 5 aromatic rings. The summed E-state index contributed by atoms with van der Waals surface area (Å²) in [6, 6.07) is 31.0. The monoisotopic (exact) mass is 650 g/mol. The predicted molar refractivity (Wildman–Crippen MR) is 192 cm³/mol. The molecule has 3 aromatic carbocycles. The molecule has 0 saturated heterocycles. The van der Waals surface area contributed by atoms with Gasteiger partial charge in [0.25, 0.3) is 5.91 Å². The first kappa shape index (κ1) is 33.8. The van der Waals surface area contributed by atoms with Gasteiger partial charge in [0.2, 0.25) is 0 Å². The molecule has 1 amide bonds. The lowest BCUT2D eigenvalue weighted by Crippen LogP contribution is -2.25. The minimum Gasteiger partial charge on any atom is -0.497 e. The predicted octanol–water partition coefficient (Wildman–Crippen LogP) is 7.81. The second-order valence-electron chi connectivity index (χ2n) is 13.0. The third-order valence-electron chi connectivity index (χ3n) is 8.18. The van der Waals surface area contributed by atoms with Crippen molar-refractivity contribution in [3.8, 4) is 11.5 Å². The van der Waals surface area contributed by atoms with Crippen molar-refractivity contribution in [2.45, 2.75) is 59.0 Å². The average Bonchev–Trinajstić information content (AvgIpc) is 3.41. The highest BCUT2D eigenvalue weighted by Gasteiger charge is 2.19. The lowest BCUT2D eigenvalue weighted by molar-refractivity contribution is 0.0868. The summed E-state index contributed by atoms with van der Waals surface area (Å²) in [6.07, 6.45) is 0. The minimum absolute atomic E-state index is 0.114. The van der Waals surface area contributed by atoms with Crippen LogP contribution in [0.5, 0.6) is 11.5 Å². The van der Waals surface area contributed by atoms with Crippen LogP contribution in [-0.2, 0) is 31.1 Å². The van der Waals surface area contributed by atoms with Crippen molar-refractivity contribution >= 4 is 30.8 Å². The van der Waals surface area contributed by atoms with Gasteiger partial charge >= 0.3 is 0 Å². The number of aromatic nitrogens is 2. The first-order valence-corrected chi connectivity index (χ1v) is 19.8.